The van der Waals surface area contributed by atoms with Crippen LogP contribution in [-0.4, -0.2) is 41.1 Å². The Bertz CT molecular complexity index is 657. The highest BCUT2D eigenvalue weighted by molar-refractivity contribution is 7.98. The molecule has 1 amide bonds. The number of carboxylic acid groups (broad SMARTS) is 1. The van der Waals surface area contributed by atoms with E-state index in [1.807, 2.05) is 31.4 Å². The smallest absolute Gasteiger partial charge is 0.326 e. The van der Waals surface area contributed by atoms with E-state index in [0.29, 0.717) is 6.42 Å². The second kappa shape index (κ2) is 8.35. The van der Waals surface area contributed by atoms with E-state index in [0.717, 1.165) is 28.9 Å². The van der Waals surface area contributed by atoms with E-state index in [2.05, 4.69) is 11.4 Å². The standard InChI is InChI=1S/C18H24N2O3S/c1-11-9-12-5-3-4-6-13(12)14(11)10-16(18(22)23)20-17(21)15(19)7-8-24-2/h3-6,15-16H,7-10,19H2,1-2H3,(H,20,21)(H,22,23)/t15-,16-/m0/s1. The second-order valence-electron chi connectivity index (χ2n) is 6.08. The van der Waals surface area contributed by atoms with Crippen molar-refractivity contribution in [1.82, 2.24) is 5.32 Å². The molecule has 24 heavy (non-hydrogen) atoms. The van der Waals surface area contributed by atoms with Gasteiger partial charge in [-0.15, -0.1) is 0 Å². The van der Waals surface area contributed by atoms with E-state index >= 15 is 0 Å². The fourth-order valence-corrected chi connectivity index (χ4v) is 3.42. The molecule has 6 heteroatoms. The van der Waals surface area contributed by atoms with Crippen LogP contribution in [0.3, 0.4) is 0 Å². The Hall–Kier alpha value is -1.79. The highest BCUT2D eigenvalue weighted by atomic mass is 32.2. The van der Waals surface area contributed by atoms with Crippen LogP contribution in [0, 0.1) is 0 Å². The number of rotatable bonds is 8. The molecule has 4 N–H and O–H groups in total. The van der Waals surface area contributed by atoms with Crippen LogP contribution in [0.4, 0.5) is 0 Å². The summed E-state index contributed by atoms with van der Waals surface area (Å²) < 4.78 is 0. The molecule has 0 unspecified atom stereocenters. The van der Waals surface area contributed by atoms with Gasteiger partial charge in [-0.05, 0) is 48.5 Å². The van der Waals surface area contributed by atoms with Crippen molar-refractivity contribution >= 4 is 29.2 Å². The largest absolute Gasteiger partial charge is 0.480 e. The number of carbonyl (C=O) groups excluding carboxylic acids is 1. The minimum absolute atomic E-state index is 0.277. The first kappa shape index (κ1) is 18.5. The predicted octanol–water partition coefficient (Wildman–Crippen LogP) is 2.06. The molecule has 0 spiro atoms. The Morgan fingerprint density at radius 3 is 2.75 bits per heavy atom. The molecule has 0 fully saturated rings. The first-order valence-electron chi connectivity index (χ1n) is 7.98. The number of fused-ring (bicyclic) bond motifs is 1. The number of carbonyl (C=O) groups is 2. The molecule has 2 rings (SSSR count). The maximum atomic E-state index is 12.1. The van der Waals surface area contributed by atoms with Crippen molar-refractivity contribution in [3.05, 3.63) is 41.0 Å². The monoisotopic (exact) mass is 348 g/mol. The molecule has 0 aliphatic heterocycles. The molecule has 0 heterocycles. The summed E-state index contributed by atoms with van der Waals surface area (Å²) >= 11 is 1.61. The fraction of sp³-hybridized carbons (Fsp3) is 0.444. The minimum atomic E-state index is -1.04. The number of allylic oxidation sites excluding steroid dienone is 1. The van der Waals surface area contributed by atoms with Crippen molar-refractivity contribution < 1.29 is 14.7 Å². The van der Waals surface area contributed by atoms with Gasteiger partial charge in [0, 0.05) is 6.42 Å². The Kier molecular flexibility index (Phi) is 6.45. The third-order valence-corrected chi connectivity index (χ3v) is 4.95. The second-order valence-corrected chi connectivity index (χ2v) is 7.07. The average molecular weight is 348 g/mol. The van der Waals surface area contributed by atoms with Gasteiger partial charge in [-0.25, -0.2) is 4.79 Å². The quantitative estimate of drug-likeness (QED) is 0.669. The van der Waals surface area contributed by atoms with E-state index in [4.69, 9.17) is 5.73 Å². The average Bonchev–Trinajstić information content (AvgIpc) is 2.87. The van der Waals surface area contributed by atoms with Crippen LogP contribution in [0.5, 0.6) is 0 Å². The van der Waals surface area contributed by atoms with Crippen molar-refractivity contribution in [2.24, 2.45) is 5.73 Å². The van der Waals surface area contributed by atoms with Gasteiger partial charge in [-0.1, -0.05) is 29.8 Å². The molecule has 1 aromatic carbocycles. The van der Waals surface area contributed by atoms with Gasteiger partial charge in [0.05, 0.1) is 6.04 Å². The lowest BCUT2D eigenvalue weighted by Crippen LogP contribution is -2.48. The van der Waals surface area contributed by atoms with Gasteiger partial charge >= 0.3 is 5.97 Å². The summed E-state index contributed by atoms with van der Waals surface area (Å²) in [7, 11) is 0. The number of hydrogen-bond acceptors (Lipinski definition) is 4. The van der Waals surface area contributed by atoms with Crippen LogP contribution < -0.4 is 11.1 Å². The maximum Gasteiger partial charge on any atom is 0.326 e. The van der Waals surface area contributed by atoms with Gasteiger partial charge in [0.25, 0.3) is 0 Å². The molecule has 0 bridgehead atoms. The molecule has 1 aliphatic rings. The highest BCUT2D eigenvalue weighted by Crippen LogP contribution is 2.35. The van der Waals surface area contributed by atoms with Gasteiger partial charge in [0.15, 0.2) is 0 Å². The number of amides is 1. The summed E-state index contributed by atoms with van der Waals surface area (Å²) in [6.45, 7) is 2.01. The van der Waals surface area contributed by atoms with Gasteiger partial charge in [-0.2, -0.15) is 11.8 Å². The van der Waals surface area contributed by atoms with Crippen LogP contribution in [-0.2, 0) is 16.0 Å². The van der Waals surface area contributed by atoms with Crippen LogP contribution in [0.1, 0.15) is 30.9 Å². The lowest BCUT2D eigenvalue weighted by molar-refractivity contribution is -0.141. The zero-order valence-corrected chi connectivity index (χ0v) is 14.9. The Balaban J connectivity index is 2.08. The van der Waals surface area contributed by atoms with Gasteiger partial charge in [-0.3, -0.25) is 4.79 Å². The molecule has 1 aromatic rings. The first-order chi connectivity index (χ1) is 11.4. The summed E-state index contributed by atoms with van der Waals surface area (Å²) in [5.41, 5.74) is 10.3. The fourth-order valence-electron chi connectivity index (χ4n) is 2.93. The van der Waals surface area contributed by atoms with E-state index in [-0.39, 0.29) is 6.42 Å². The van der Waals surface area contributed by atoms with Crippen LogP contribution in [0.15, 0.2) is 29.8 Å². The highest BCUT2D eigenvalue weighted by Gasteiger charge is 2.27. The Morgan fingerprint density at radius 1 is 1.38 bits per heavy atom. The number of carboxylic acids is 1. The van der Waals surface area contributed by atoms with Crippen molar-refractivity contribution in [2.45, 2.75) is 38.3 Å². The van der Waals surface area contributed by atoms with Crippen molar-refractivity contribution in [2.75, 3.05) is 12.0 Å². The van der Waals surface area contributed by atoms with Crippen LogP contribution in [0.2, 0.25) is 0 Å². The van der Waals surface area contributed by atoms with Gasteiger partial charge in [0.2, 0.25) is 5.91 Å². The number of nitrogens with one attached hydrogen (secondary N) is 1. The lowest BCUT2D eigenvalue weighted by Gasteiger charge is -2.19. The van der Waals surface area contributed by atoms with Crippen LogP contribution in [0.25, 0.3) is 5.57 Å². The normalized spacial score (nSPS) is 15.8. The third-order valence-electron chi connectivity index (χ3n) is 4.31. The van der Waals surface area contributed by atoms with E-state index in [1.165, 1.54) is 5.56 Å². The molecule has 5 nitrogen and oxygen atoms in total. The summed E-state index contributed by atoms with van der Waals surface area (Å²) in [6, 6.07) is 6.35. The summed E-state index contributed by atoms with van der Waals surface area (Å²) in [5.74, 6) is -0.671. The lowest BCUT2D eigenvalue weighted by atomic mass is 9.98. The SMILES string of the molecule is CSCC[C@H](N)C(=O)N[C@@H](CC1=C(C)Cc2ccccc21)C(=O)O. The minimum Gasteiger partial charge on any atom is -0.480 e. The zero-order valence-electron chi connectivity index (χ0n) is 14.0. The third kappa shape index (κ3) is 4.39. The number of aliphatic carboxylic acids is 1. The molecule has 0 saturated heterocycles. The van der Waals surface area contributed by atoms with Gasteiger partial charge in [0.1, 0.15) is 6.04 Å². The van der Waals surface area contributed by atoms with Gasteiger partial charge < -0.3 is 16.2 Å². The number of thioether (sulfide) groups is 1. The zero-order chi connectivity index (χ0) is 17.7. The maximum absolute atomic E-state index is 12.1. The Morgan fingerprint density at radius 2 is 2.08 bits per heavy atom. The molecule has 1 aliphatic carbocycles. The predicted molar refractivity (Wildman–Crippen MR) is 97.9 cm³/mol. The topological polar surface area (TPSA) is 92.4 Å². The Labute approximate surface area is 146 Å². The summed E-state index contributed by atoms with van der Waals surface area (Å²) in [4.78, 5) is 23.7. The molecular formula is C18H24N2O3S. The summed E-state index contributed by atoms with van der Waals surface area (Å²) in [5, 5.41) is 12.1. The molecular weight excluding hydrogens is 324 g/mol. The van der Waals surface area contributed by atoms with Crippen LogP contribution >= 0.6 is 11.8 Å². The van der Waals surface area contributed by atoms with E-state index in [9.17, 15) is 14.7 Å². The number of hydrogen-bond donors (Lipinski definition) is 3. The van der Waals surface area contributed by atoms with Crippen molar-refractivity contribution in [1.29, 1.82) is 0 Å². The van der Waals surface area contributed by atoms with E-state index < -0.39 is 24.0 Å². The molecule has 2 atom stereocenters. The van der Waals surface area contributed by atoms with Crippen molar-refractivity contribution in [3.8, 4) is 0 Å². The molecule has 130 valence electrons. The first-order valence-corrected chi connectivity index (χ1v) is 9.38. The van der Waals surface area contributed by atoms with Crippen molar-refractivity contribution in [3.63, 3.8) is 0 Å². The molecule has 0 radical (unpaired) electrons. The number of nitrogens with two attached hydrogens (primary N) is 1. The van der Waals surface area contributed by atoms with E-state index in [1.54, 1.807) is 11.8 Å². The molecule has 0 saturated carbocycles. The molecule has 0 aromatic heterocycles. The summed E-state index contributed by atoms with van der Waals surface area (Å²) in [6.07, 6.45) is 3.58. The number of benzene rings is 1.